The zero-order valence-electron chi connectivity index (χ0n) is 9.87. The summed E-state index contributed by atoms with van der Waals surface area (Å²) in [6.07, 6.45) is 1.94. The number of aromatic nitrogens is 1. The molecule has 7 heteroatoms. The Balaban J connectivity index is 2.54. The Morgan fingerprint density at radius 2 is 2.18 bits per heavy atom. The van der Waals surface area contributed by atoms with Crippen LogP contribution in [0.5, 0.6) is 0 Å². The molecule has 0 aliphatic carbocycles. The number of thiazole rings is 1. The van der Waals surface area contributed by atoms with Crippen LogP contribution in [0, 0.1) is 6.92 Å². The van der Waals surface area contributed by atoms with Gasteiger partial charge in [0.1, 0.15) is 4.88 Å². The zero-order chi connectivity index (χ0) is 12.8. The maximum atomic E-state index is 11.4. The monoisotopic (exact) mass is 256 g/mol. The van der Waals surface area contributed by atoms with E-state index in [4.69, 9.17) is 5.73 Å². The minimum atomic E-state index is -0.528. The van der Waals surface area contributed by atoms with Gasteiger partial charge < -0.3 is 11.1 Å². The number of carbonyl (C=O) groups is 2. The molecule has 0 aromatic carbocycles. The molecule has 0 aliphatic heterocycles. The minimum Gasteiger partial charge on any atom is -0.365 e. The SMILES string of the molecule is CCCCNC(=O)Nc1nc(C)c(C(N)=O)s1. The van der Waals surface area contributed by atoms with E-state index in [9.17, 15) is 9.59 Å². The number of amides is 3. The minimum absolute atomic E-state index is 0.316. The number of rotatable bonds is 5. The van der Waals surface area contributed by atoms with E-state index in [1.54, 1.807) is 6.92 Å². The zero-order valence-corrected chi connectivity index (χ0v) is 10.7. The quantitative estimate of drug-likeness (QED) is 0.696. The molecule has 0 unspecified atom stereocenters. The average molecular weight is 256 g/mol. The fourth-order valence-corrected chi connectivity index (χ4v) is 2.01. The van der Waals surface area contributed by atoms with Crippen LogP contribution >= 0.6 is 11.3 Å². The lowest BCUT2D eigenvalue weighted by atomic mass is 10.3. The number of nitrogens with two attached hydrogens (primary N) is 1. The summed E-state index contributed by atoms with van der Waals surface area (Å²) in [5, 5.41) is 5.64. The third kappa shape index (κ3) is 4.03. The summed E-state index contributed by atoms with van der Waals surface area (Å²) in [4.78, 5) is 26.8. The number of anilines is 1. The highest BCUT2D eigenvalue weighted by Crippen LogP contribution is 2.21. The summed E-state index contributed by atoms with van der Waals surface area (Å²) in [6, 6.07) is -0.316. The molecule has 0 saturated heterocycles. The van der Waals surface area contributed by atoms with E-state index in [0.717, 1.165) is 24.2 Å². The average Bonchev–Trinajstić information content (AvgIpc) is 2.60. The van der Waals surface area contributed by atoms with Crippen molar-refractivity contribution in [2.24, 2.45) is 5.73 Å². The van der Waals surface area contributed by atoms with Gasteiger partial charge in [0.2, 0.25) is 0 Å². The van der Waals surface area contributed by atoms with E-state index in [1.165, 1.54) is 0 Å². The Morgan fingerprint density at radius 1 is 1.47 bits per heavy atom. The van der Waals surface area contributed by atoms with Crippen molar-refractivity contribution < 1.29 is 9.59 Å². The van der Waals surface area contributed by atoms with E-state index in [0.29, 0.717) is 22.2 Å². The first kappa shape index (κ1) is 13.4. The molecule has 94 valence electrons. The maximum Gasteiger partial charge on any atom is 0.321 e. The number of hydrogen-bond acceptors (Lipinski definition) is 4. The lowest BCUT2D eigenvalue weighted by Gasteiger charge is -2.03. The number of urea groups is 1. The Hall–Kier alpha value is -1.63. The predicted molar refractivity (Wildman–Crippen MR) is 67.3 cm³/mol. The molecule has 0 saturated carbocycles. The number of primary amides is 1. The first-order valence-corrected chi connectivity index (χ1v) is 6.18. The number of aryl methyl sites for hydroxylation is 1. The second kappa shape index (κ2) is 6.19. The van der Waals surface area contributed by atoms with Gasteiger partial charge in [-0.2, -0.15) is 0 Å². The Kier molecular flexibility index (Phi) is 4.89. The molecule has 17 heavy (non-hydrogen) atoms. The van der Waals surface area contributed by atoms with Crippen molar-refractivity contribution in [3.63, 3.8) is 0 Å². The summed E-state index contributed by atoms with van der Waals surface area (Å²) in [5.74, 6) is -0.528. The van der Waals surface area contributed by atoms with Gasteiger partial charge in [-0.3, -0.25) is 10.1 Å². The lowest BCUT2D eigenvalue weighted by Crippen LogP contribution is -2.29. The van der Waals surface area contributed by atoms with Gasteiger partial charge in [0.15, 0.2) is 5.13 Å². The molecule has 0 bridgehead atoms. The van der Waals surface area contributed by atoms with Crippen molar-refractivity contribution >= 4 is 28.4 Å². The fourth-order valence-electron chi connectivity index (χ4n) is 1.20. The van der Waals surface area contributed by atoms with Crippen molar-refractivity contribution in [2.45, 2.75) is 26.7 Å². The third-order valence-electron chi connectivity index (χ3n) is 2.06. The second-order valence-corrected chi connectivity index (χ2v) is 4.53. The smallest absolute Gasteiger partial charge is 0.321 e. The Bertz CT molecular complexity index is 416. The van der Waals surface area contributed by atoms with Gasteiger partial charge in [-0.15, -0.1) is 0 Å². The van der Waals surface area contributed by atoms with Crippen molar-refractivity contribution in [1.82, 2.24) is 10.3 Å². The molecule has 0 radical (unpaired) electrons. The highest BCUT2D eigenvalue weighted by atomic mass is 32.1. The van der Waals surface area contributed by atoms with Gasteiger partial charge >= 0.3 is 6.03 Å². The Morgan fingerprint density at radius 3 is 2.71 bits per heavy atom. The number of hydrogen-bond donors (Lipinski definition) is 3. The molecular weight excluding hydrogens is 240 g/mol. The fraction of sp³-hybridized carbons (Fsp3) is 0.500. The van der Waals surface area contributed by atoms with Crippen LogP contribution in [0.2, 0.25) is 0 Å². The summed E-state index contributed by atoms with van der Waals surface area (Å²) >= 11 is 1.08. The lowest BCUT2D eigenvalue weighted by molar-refractivity contribution is 0.100. The van der Waals surface area contributed by atoms with Gasteiger partial charge in [0, 0.05) is 6.54 Å². The molecule has 0 fully saturated rings. The van der Waals surface area contributed by atoms with Gasteiger partial charge in [-0.05, 0) is 13.3 Å². The molecular formula is C10H16N4O2S. The predicted octanol–water partition coefficient (Wildman–Crippen LogP) is 1.47. The van der Waals surface area contributed by atoms with Gasteiger partial charge in [0.05, 0.1) is 5.69 Å². The molecule has 0 aliphatic rings. The largest absolute Gasteiger partial charge is 0.365 e. The molecule has 0 atom stereocenters. The molecule has 4 N–H and O–H groups in total. The summed E-state index contributed by atoms with van der Waals surface area (Å²) in [5.41, 5.74) is 5.69. The molecule has 0 spiro atoms. The van der Waals surface area contributed by atoms with Crippen LogP contribution in [0.25, 0.3) is 0 Å². The molecule has 1 heterocycles. The van der Waals surface area contributed by atoms with Crippen molar-refractivity contribution in [3.05, 3.63) is 10.6 Å². The van der Waals surface area contributed by atoms with Crippen LogP contribution in [-0.2, 0) is 0 Å². The summed E-state index contributed by atoms with van der Waals surface area (Å²) in [6.45, 7) is 4.34. The highest BCUT2D eigenvalue weighted by Gasteiger charge is 2.13. The molecule has 3 amide bonds. The van der Waals surface area contributed by atoms with Crippen LogP contribution in [0.1, 0.15) is 35.1 Å². The van der Waals surface area contributed by atoms with E-state index >= 15 is 0 Å². The number of nitrogens with one attached hydrogen (secondary N) is 2. The second-order valence-electron chi connectivity index (χ2n) is 3.53. The van der Waals surface area contributed by atoms with E-state index in [1.807, 2.05) is 6.92 Å². The van der Waals surface area contributed by atoms with Crippen LogP contribution < -0.4 is 16.4 Å². The molecule has 6 nitrogen and oxygen atoms in total. The van der Waals surface area contributed by atoms with E-state index in [2.05, 4.69) is 15.6 Å². The first-order valence-electron chi connectivity index (χ1n) is 5.36. The van der Waals surface area contributed by atoms with E-state index in [-0.39, 0.29) is 6.03 Å². The summed E-state index contributed by atoms with van der Waals surface area (Å²) < 4.78 is 0. The van der Waals surface area contributed by atoms with Crippen molar-refractivity contribution in [1.29, 1.82) is 0 Å². The highest BCUT2D eigenvalue weighted by molar-refractivity contribution is 7.17. The van der Waals surface area contributed by atoms with Gasteiger partial charge in [-0.1, -0.05) is 24.7 Å². The van der Waals surface area contributed by atoms with E-state index < -0.39 is 5.91 Å². The van der Waals surface area contributed by atoms with Crippen molar-refractivity contribution in [3.8, 4) is 0 Å². The van der Waals surface area contributed by atoms with Crippen LogP contribution in [0.15, 0.2) is 0 Å². The van der Waals surface area contributed by atoms with Crippen molar-refractivity contribution in [2.75, 3.05) is 11.9 Å². The normalized spacial score (nSPS) is 10.0. The topological polar surface area (TPSA) is 97.1 Å². The maximum absolute atomic E-state index is 11.4. The number of nitrogens with zero attached hydrogens (tertiary/aromatic N) is 1. The van der Waals surface area contributed by atoms with Crippen LogP contribution in [-0.4, -0.2) is 23.5 Å². The Labute approximate surface area is 104 Å². The molecule has 1 rings (SSSR count). The number of carbonyl (C=O) groups excluding carboxylic acids is 2. The van der Waals surface area contributed by atoms with Crippen LogP contribution in [0.3, 0.4) is 0 Å². The standard InChI is InChI=1S/C10H16N4O2S/c1-3-4-5-12-9(16)14-10-13-6(2)7(17-10)8(11)15/h3-5H2,1-2H3,(H2,11,15)(H2,12,13,14,16). The summed E-state index contributed by atoms with van der Waals surface area (Å²) in [7, 11) is 0. The van der Waals surface area contributed by atoms with Gasteiger partial charge in [-0.25, -0.2) is 9.78 Å². The number of unbranched alkanes of at least 4 members (excludes halogenated alkanes) is 1. The molecule has 1 aromatic rings. The van der Waals surface area contributed by atoms with Crippen LogP contribution in [0.4, 0.5) is 9.93 Å². The van der Waals surface area contributed by atoms with Gasteiger partial charge in [0.25, 0.3) is 5.91 Å². The third-order valence-corrected chi connectivity index (χ3v) is 3.14. The molecule has 1 aromatic heterocycles. The first-order chi connectivity index (χ1) is 8.04.